The Balaban J connectivity index is 1.59. The minimum absolute atomic E-state index is 0.403. The summed E-state index contributed by atoms with van der Waals surface area (Å²) in [7, 11) is 0. The van der Waals surface area contributed by atoms with E-state index in [2.05, 4.69) is 19.1 Å². The molecule has 5 rings (SSSR count). The fourth-order valence-corrected chi connectivity index (χ4v) is 4.73. The van der Waals surface area contributed by atoms with Crippen LogP contribution in [0.2, 0.25) is 5.02 Å². The molecule has 32 heavy (non-hydrogen) atoms. The van der Waals surface area contributed by atoms with Gasteiger partial charge in [0.25, 0.3) is 0 Å². The molecular weight excluding hydrogens is 440 g/mol. The summed E-state index contributed by atoms with van der Waals surface area (Å²) >= 11 is 7.72. The first kappa shape index (κ1) is 20.6. The molecule has 0 N–H and O–H groups in total. The summed E-state index contributed by atoms with van der Waals surface area (Å²) in [4.78, 5) is 17.5. The number of para-hydroxylation sites is 1. The van der Waals surface area contributed by atoms with Crippen molar-refractivity contribution < 1.29 is 4.42 Å². The quantitative estimate of drug-likeness (QED) is 0.212. The molecule has 158 valence electrons. The number of halogens is 1. The van der Waals surface area contributed by atoms with Crippen molar-refractivity contribution in [2.24, 2.45) is 0 Å². The minimum atomic E-state index is -0.403. The van der Waals surface area contributed by atoms with Gasteiger partial charge in [-0.25, -0.2) is 9.78 Å². The van der Waals surface area contributed by atoms with Crippen molar-refractivity contribution in [1.82, 2.24) is 9.55 Å². The fourth-order valence-electron chi connectivity index (χ4n) is 3.54. The van der Waals surface area contributed by atoms with Crippen LogP contribution in [-0.2, 0) is 5.75 Å². The predicted octanol–water partition coefficient (Wildman–Crippen LogP) is 6.90. The van der Waals surface area contributed by atoms with Crippen LogP contribution in [0.3, 0.4) is 0 Å². The first-order chi connectivity index (χ1) is 15.6. The van der Waals surface area contributed by atoms with Crippen LogP contribution in [0.5, 0.6) is 0 Å². The zero-order chi connectivity index (χ0) is 22.1. The first-order valence-corrected chi connectivity index (χ1v) is 11.5. The number of aromatic nitrogens is 2. The number of thioether (sulfide) groups is 1. The Hall–Kier alpha value is -3.28. The van der Waals surface area contributed by atoms with Crippen LogP contribution in [0.25, 0.3) is 27.9 Å². The van der Waals surface area contributed by atoms with Crippen molar-refractivity contribution in [3.05, 3.63) is 112 Å². The molecule has 0 atom stereocenters. The molecule has 3 aromatic carbocycles. The molecule has 0 saturated carbocycles. The van der Waals surface area contributed by atoms with Gasteiger partial charge in [0.05, 0.1) is 11.3 Å². The molecule has 0 aliphatic carbocycles. The van der Waals surface area contributed by atoms with Crippen LogP contribution in [-0.4, -0.2) is 9.55 Å². The fraction of sp³-hybridized carbons (Fsp3) is 0.0769. The van der Waals surface area contributed by atoms with Crippen molar-refractivity contribution in [2.45, 2.75) is 17.8 Å². The van der Waals surface area contributed by atoms with Crippen LogP contribution in [0, 0.1) is 6.92 Å². The Kier molecular flexibility index (Phi) is 5.60. The van der Waals surface area contributed by atoms with Gasteiger partial charge in [-0.1, -0.05) is 65.8 Å². The van der Waals surface area contributed by atoms with Gasteiger partial charge in [-0.3, -0.25) is 4.57 Å². The molecule has 0 amide bonds. The molecule has 0 spiro atoms. The number of aryl methyl sites for hydroxylation is 1. The second-order valence-electron chi connectivity index (χ2n) is 7.46. The van der Waals surface area contributed by atoms with Crippen molar-refractivity contribution >= 4 is 34.3 Å². The third kappa shape index (κ3) is 4.09. The van der Waals surface area contributed by atoms with Gasteiger partial charge in [0.15, 0.2) is 5.16 Å². The molecule has 0 unspecified atom stereocenters. The summed E-state index contributed by atoms with van der Waals surface area (Å²) < 4.78 is 7.52. The largest absolute Gasteiger partial charge is 0.422 e. The van der Waals surface area contributed by atoms with E-state index in [1.165, 1.54) is 11.1 Å². The van der Waals surface area contributed by atoms with Gasteiger partial charge in [0, 0.05) is 28.0 Å². The second kappa shape index (κ2) is 8.69. The van der Waals surface area contributed by atoms with Crippen molar-refractivity contribution in [3.63, 3.8) is 0 Å². The average molecular weight is 459 g/mol. The minimum Gasteiger partial charge on any atom is -0.422 e. The summed E-state index contributed by atoms with van der Waals surface area (Å²) in [5, 5.41) is 2.31. The molecule has 2 aromatic heterocycles. The number of nitrogens with zero attached hydrogens (tertiary/aromatic N) is 2. The Morgan fingerprint density at radius 2 is 1.75 bits per heavy atom. The first-order valence-electron chi connectivity index (χ1n) is 10.1. The van der Waals surface area contributed by atoms with Gasteiger partial charge in [-0.2, -0.15) is 0 Å². The lowest BCUT2D eigenvalue weighted by Crippen LogP contribution is -2.02. The number of fused-ring (bicyclic) bond motifs is 1. The third-order valence-electron chi connectivity index (χ3n) is 5.31. The van der Waals surface area contributed by atoms with Gasteiger partial charge < -0.3 is 4.42 Å². The average Bonchev–Trinajstić information content (AvgIpc) is 3.22. The SMILES string of the molecule is Cc1ccccc1CSc1nc(-c2cc3ccccc3oc2=O)cn1-c1ccc(Cl)cc1. The highest BCUT2D eigenvalue weighted by molar-refractivity contribution is 7.98. The van der Waals surface area contributed by atoms with E-state index in [0.717, 1.165) is 22.0 Å². The van der Waals surface area contributed by atoms with E-state index in [1.807, 2.05) is 71.4 Å². The number of benzene rings is 3. The number of hydrogen-bond donors (Lipinski definition) is 0. The smallest absolute Gasteiger partial charge is 0.345 e. The number of rotatable bonds is 5. The lowest BCUT2D eigenvalue weighted by molar-refractivity contribution is 0.563. The lowest BCUT2D eigenvalue weighted by Gasteiger charge is -2.08. The van der Waals surface area contributed by atoms with Gasteiger partial charge in [0.1, 0.15) is 5.58 Å². The van der Waals surface area contributed by atoms with Crippen LogP contribution in [0.15, 0.2) is 99.4 Å². The Morgan fingerprint density at radius 1 is 1.00 bits per heavy atom. The molecule has 0 aliphatic heterocycles. The zero-order valence-corrected chi connectivity index (χ0v) is 18.9. The summed E-state index contributed by atoms with van der Waals surface area (Å²) in [6.45, 7) is 2.10. The van der Waals surface area contributed by atoms with Crippen LogP contribution < -0.4 is 5.63 Å². The van der Waals surface area contributed by atoms with Crippen molar-refractivity contribution in [3.8, 4) is 16.9 Å². The molecule has 0 fully saturated rings. The maximum Gasteiger partial charge on any atom is 0.345 e. The third-order valence-corrected chi connectivity index (χ3v) is 6.57. The van der Waals surface area contributed by atoms with E-state index in [-0.39, 0.29) is 0 Å². The standard InChI is InChI=1S/C26H19ClN2O2S/c1-17-6-2-3-8-19(17)16-32-26-28-23(15-29(26)21-12-10-20(27)11-13-21)22-14-18-7-4-5-9-24(18)31-25(22)30/h2-15H,16H2,1H3. The van der Waals surface area contributed by atoms with E-state index in [4.69, 9.17) is 21.0 Å². The molecule has 4 nitrogen and oxygen atoms in total. The molecule has 0 bridgehead atoms. The van der Waals surface area contributed by atoms with Crippen LogP contribution in [0.1, 0.15) is 11.1 Å². The highest BCUT2D eigenvalue weighted by atomic mass is 35.5. The second-order valence-corrected chi connectivity index (χ2v) is 8.83. The zero-order valence-electron chi connectivity index (χ0n) is 17.3. The maximum absolute atomic E-state index is 12.7. The molecule has 5 aromatic rings. The maximum atomic E-state index is 12.7. The molecule has 0 aliphatic rings. The normalized spacial score (nSPS) is 11.2. The van der Waals surface area contributed by atoms with Crippen molar-refractivity contribution in [2.75, 3.05) is 0 Å². The lowest BCUT2D eigenvalue weighted by atomic mass is 10.1. The van der Waals surface area contributed by atoms with E-state index in [9.17, 15) is 4.79 Å². The molecule has 2 heterocycles. The Labute approximate surface area is 194 Å². The number of imidazole rings is 1. The summed E-state index contributed by atoms with van der Waals surface area (Å²) in [6, 6.07) is 25.2. The van der Waals surface area contributed by atoms with E-state index in [0.29, 0.717) is 21.9 Å². The molecular formula is C26H19ClN2O2S. The molecule has 6 heteroatoms. The van der Waals surface area contributed by atoms with Crippen LogP contribution >= 0.6 is 23.4 Å². The summed E-state index contributed by atoms with van der Waals surface area (Å²) in [6.07, 6.45) is 1.88. The van der Waals surface area contributed by atoms with Gasteiger partial charge in [0.2, 0.25) is 0 Å². The van der Waals surface area contributed by atoms with E-state index in [1.54, 1.807) is 17.8 Å². The highest BCUT2D eigenvalue weighted by Gasteiger charge is 2.16. The molecule has 0 radical (unpaired) electrons. The monoisotopic (exact) mass is 458 g/mol. The Morgan fingerprint density at radius 3 is 2.56 bits per heavy atom. The van der Waals surface area contributed by atoms with Gasteiger partial charge >= 0.3 is 5.63 Å². The van der Waals surface area contributed by atoms with Crippen molar-refractivity contribution in [1.29, 1.82) is 0 Å². The predicted molar refractivity (Wildman–Crippen MR) is 131 cm³/mol. The van der Waals surface area contributed by atoms with E-state index < -0.39 is 5.63 Å². The van der Waals surface area contributed by atoms with Gasteiger partial charge in [-0.05, 0) is 54.4 Å². The number of hydrogen-bond acceptors (Lipinski definition) is 4. The topological polar surface area (TPSA) is 48.0 Å². The highest BCUT2D eigenvalue weighted by Crippen LogP contribution is 2.30. The summed E-state index contributed by atoms with van der Waals surface area (Å²) in [5.41, 5.74) is 4.58. The van der Waals surface area contributed by atoms with E-state index >= 15 is 0 Å². The van der Waals surface area contributed by atoms with Crippen LogP contribution in [0.4, 0.5) is 0 Å². The Bertz CT molecular complexity index is 1470. The summed E-state index contributed by atoms with van der Waals surface area (Å²) in [5.74, 6) is 0.767. The van der Waals surface area contributed by atoms with Gasteiger partial charge in [-0.15, -0.1) is 0 Å². The molecule has 0 saturated heterocycles.